The third-order valence-corrected chi connectivity index (χ3v) is 4.75. The summed E-state index contributed by atoms with van der Waals surface area (Å²) in [6.45, 7) is 1.19. The van der Waals surface area contributed by atoms with Gasteiger partial charge in [0, 0.05) is 19.0 Å². The Hall–Kier alpha value is -1.20. The Morgan fingerprint density at radius 1 is 1.35 bits per heavy atom. The van der Waals surface area contributed by atoms with Crippen LogP contribution in [0.15, 0.2) is 12.4 Å². The fourth-order valence-corrected chi connectivity index (χ4v) is 3.44. The number of carbonyl (C=O) groups is 1. The highest BCUT2D eigenvalue weighted by molar-refractivity contribution is 6.29. The van der Waals surface area contributed by atoms with Gasteiger partial charge < -0.3 is 10.0 Å². The predicted octanol–water partition coefficient (Wildman–Crippen LogP) is 1.90. The standard InChI is InChI=1S/C14H18ClN3O2/c15-12-8-16-11(7-17-12)13(19)18-6-5-14(20)4-2-1-3-10(14)9-18/h7-8,10,20H,1-6,9H2. The van der Waals surface area contributed by atoms with Crippen molar-refractivity contribution in [2.45, 2.75) is 37.7 Å². The number of halogens is 1. The highest BCUT2D eigenvalue weighted by atomic mass is 35.5. The van der Waals surface area contributed by atoms with Gasteiger partial charge in [-0.05, 0) is 19.3 Å². The number of hydrogen-bond donors (Lipinski definition) is 1. The fourth-order valence-electron chi connectivity index (χ4n) is 3.34. The summed E-state index contributed by atoms with van der Waals surface area (Å²) >= 11 is 5.68. The van der Waals surface area contributed by atoms with Crippen molar-refractivity contribution in [3.63, 3.8) is 0 Å². The van der Waals surface area contributed by atoms with Crippen LogP contribution in [0.25, 0.3) is 0 Å². The van der Waals surface area contributed by atoms with E-state index < -0.39 is 5.60 Å². The molecule has 1 amide bonds. The Balaban J connectivity index is 1.72. The van der Waals surface area contributed by atoms with Gasteiger partial charge in [-0.3, -0.25) is 4.79 Å². The van der Waals surface area contributed by atoms with Crippen molar-refractivity contribution in [2.24, 2.45) is 5.92 Å². The molecule has 2 heterocycles. The van der Waals surface area contributed by atoms with Crippen LogP contribution >= 0.6 is 11.6 Å². The molecular formula is C14H18ClN3O2. The topological polar surface area (TPSA) is 66.3 Å². The molecule has 6 heteroatoms. The first-order valence-corrected chi connectivity index (χ1v) is 7.45. The van der Waals surface area contributed by atoms with Crippen molar-refractivity contribution in [3.05, 3.63) is 23.2 Å². The Kier molecular flexibility index (Phi) is 3.65. The van der Waals surface area contributed by atoms with Crippen molar-refractivity contribution in [3.8, 4) is 0 Å². The molecule has 2 fully saturated rings. The fraction of sp³-hybridized carbons (Fsp3) is 0.643. The second-order valence-electron chi connectivity index (χ2n) is 5.77. The molecule has 1 aliphatic heterocycles. The Morgan fingerprint density at radius 2 is 2.20 bits per heavy atom. The molecule has 0 radical (unpaired) electrons. The molecule has 2 unspecified atom stereocenters. The second-order valence-corrected chi connectivity index (χ2v) is 6.16. The van der Waals surface area contributed by atoms with E-state index in [9.17, 15) is 9.90 Å². The predicted molar refractivity (Wildman–Crippen MR) is 74.5 cm³/mol. The summed E-state index contributed by atoms with van der Waals surface area (Å²) in [7, 11) is 0. The third-order valence-electron chi connectivity index (χ3n) is 4.55. The number of nitrogens with zero attached hydrogens (tertiary/aromatic N) is 3. The summed E-state index contributed by atoms with van der Waals surface area (Å²) in [5.41, 5.74) is -0.253. The van der Waals surface area contributed by atoms with Crippen LogP contribution in [-0.4, -0.2) is 44.6 Å². The van der Waals surface area contributed by atoms with E-state index >= 15 is 0 Å². The van der Waals surface area contributed by atoms with Gasteiger partial charge in [0.2, 0.25) is 0 Å². The maximum atomic E-state index is 12.4. The summed E-state index contributed by atoms with van der Waals surface area (Å²) in [6.07, 6.45) is 7.53. The smallest absolute Gasteiger partial charge is 0.274 e. The van der Waals surface area contributed by atoms with Gasteiger partial charge in [-0.15, -0.1) is 0 Å². The first kappa shape index (κ1) is 13.8. The van der Waals surface area contributed by atoms with Crippen LogP contribution in [0, 0.1) is 5.92 Å². The lowest BCUT2D eigenvalue weighted by atomic mass is 9.71. The van der Waals surface area contributed by atoms with Crippen LogP contribution in [0.1, 0.15) is 42.6 Å². The van der Waals surface area contributed by atoms with Crippen molar-refractivity contribution in [1.29, 1.82) is 0 Å². The average molecular weight is 296 g/mol. The number of aromatic nitrogens is 2. The summed E-state index contributed by atoms with van der Waals surface area (Å²) in [4.78, 5) is 22.1. The third kappa shape index (κ3) is 2.52. The van der Waals surface area contributed by atoms with Gasteiger partial charge in [0.05, 0.1) is 18.0 Å². The van der Waals surface area contributed by atoms with Gasteiger partial charge in [0.1, 0.15) is 10.8 Å². The molecule has 0 bridgehead atoms. The van der Waals surface area contributed by atoms with Crippen molar-refractivity contribution >= 4 is 17.5 Å². The van der Waals surface area contributed by atoms with E-state index in [4.69, 9.17) is 11.6 Å². The van der Waals surface area contributed by atoms with Gasteiger partial charge in [-0.25, -0.2) is 9.97 Å². The molecule has 1 N–H and O–H groups in total. The minimum atomic E-state index is -0.569. The van der Waals surface area contributed by atoms with Crippen molar-refractivity contribution in [1.82, 2.24) is 14.9 Å². The average Bonchev–Trinajstić information content (AvgIpc) is 2.46. The molecular weight excluding hydrogens is 278 g/mol. The number of fused-ring (bicyclic) bond motifs is 1. The molecule has 1 saturated heterocycles. The number of hydrogen-bond acceptors (Lipinski definition) is 4. The monoisotopic (exact) mass is 295 g/mol. The Labute approximate surface area is 123 Å². The van der Waals surface area contributed by atoms with Crippen LogP contribution in [0.2, 0.25) is 5.15 Å². The van der Waals surface area contributed by atoms with Crippen LogP contribution in [0.4, 0.5) is 0 Å². The summed E-state index contributed by atoms with van der Waals surface area (Å²) in [6, 6.07) is 0. The number of carbonyl (C=O) groups excluding carboxylic acids is 1. The lowest BCUT2D eigenvalue weighted by Crippen LogP contribution is -2.54. The Morgan fingerprint density at radius 3 is 2.95 bits per heavy atom. The molecule has 2 aliphatic rings. The number of aliphatic hydroxyl groups is 1. The van der Waals surface area contributed by atoms with E-state index in [1.165, 1.54) is 12.4 Å². The molecule has 20 heavy (non-hydrogen) atoms. The maximum Gasteiger partial charge on any atom is 0.274 e. The van der Waals surface area contributed by atoms with E-state index in [2.05, 4.69) is 9.97 Å². The van der Waals surface area contributed by atoms with E-state index in [-0.39, 0.29) is 17.0 Å². The SMILES string of the molecule is O=C(c1cnc(Cl)cn1)N1CCC2(O)CCCCC2C1. The largest absolute Gasteiger partial charge is 0.389 e. The lowest BCUT2D eigenvalue weighted by Gasteiger charge is -2.47. The summed E-state index contributed by atoms with van der Waals surface area (Å²) in [5.74, 6) is 0.0657. The van der Waals surface area contributed by atoms with Gasteiger partial charge in [0.25, 0.3) is 5.91 Å². The van der Waals surface area contributed by atoms with Gasteiger partial charge in [-0.2, -0.15) is 0 Å². The van der Waals surface area contributed by atoms with E-state index in [0.29, 0.717) is 25.2 Å². The second kappa shape index (κ2) is 5.30. The van der Waals surface area contributed by atoms with E-state index in [1.54, 1.807) is 4.90 Å². The molecule has 1 aromatic rings. The quantitative estimate of drug-likeness (QED) is 0.859. The normalized spacial score (nSPS) is 29.9. The maximum absolute atomic E-state index is 12.4. The van der Waals surface area contributed by atoms with Crippen LogP contribution < -0.4 is 0 Å². The zero-order valence-corrected chi connectivity index (χ0v) is 12.0. The first-order valence-electron chi connectivity index (χ1n) is 7.08. The van der Waals surface area contributed by atoms with E-state index in [0.717, 1.165) is 25.7 Å². The van der Waals surface area contributed by atoms with Crippen LogP contribution in [0.3, 0.4) is 0 Å². The van der Waals surface area contributed by atoms with Crippen LogP contribution in [-0.2, 0) is 0 Å². The highest BCUT2D eigenvalue weighted by Gasteiger charge is 2.43. The number of rotatable bonds is 1. The van der Waals surface area contributed by atoms with E-state index in [1.807, 2.05) is 0 Å². The number of piperidine rings is 1. The molecule has 2 atom stereocenters. The highest BCUT2D eigenvalue weighted by Crippen LogP contribution is 2.39. The number of likely N-dealkylation sites (tertiary alicyclic amines) is 1. The zero-order valence-electron chi connectivity index (χ0n) is 11.3. The molecule has 1 aromatic heterocycles. The zero-order chi connectivity index (χ0) is 14.2. The summed E-state index contributed by atoms with van der Waals surface area (Å²) in [5, 5.41) is 10.9. The van der Waals surface area contributed by atoms with Gasteiger partial charge in [0.15, 0.2) is 0 Å². The Bertz CT molecular complexity index is 508. The molecule has 3 rings (SSSR count). The molecule has 5 nitrogen and oxygen atoms in total. The molecule has 0 spiro atoms. The lowest BCUT2D eigenvalue weighted by molar-refractivity contribution is -0.0886. The molecule has 108 valence electrons. The molecule has 1 aliphatic carbocycles. The van der Waals surface area contributed by atoms with Crippen LogP contribution in [0.5, 0.6) is 0 Å². The molecule has 1 saturated carbocycles. The van der Waals surface area contributed by atoms with Gasteiger partial charge in [-0.1, -0.05) is 24.4 Å². The van der Waals surface area contributed by atoms with Crippen molar-refractivity contribution < 1.29 is 9.90 Å². The minimum absolute atomic E-state index is 0.123. The van der Waals surface area contributed by atoms with Gasteiger partial charge >= 0.3 is 0 Å². The minimum Gasteiger partial charge on any atom is -0.389 e. The molecule has 0 aromatic carbocycles. The number of amides is 1. The first-order chi connectivity index (χ1) is 9.58. The van der Waals surface area contributed by atoms with Crippen molar-refractivity contribution in [2.75, 3.05) is 13.1 Å². The summed E-state index contributed by atoms with van der Waals surface area (Å²) < 4.78 is 0.